The molecule has 0 aliphatic rings. The van der Waals surface area contributed by atoms with Gasteiger partial charge < -0.3 is 4.74 Å². The molecule has 0 saturated carbocycles. The molecule has 0 unspecified atom stereocenters. The summed E-state index contributed by atoms with van der Waals surface area (Å²) in [6, 6.07) is 0. The van der Waals surface area contributed by atoms with Crippen LogP contribution in [-0.2, 0) is 9.53 Å². The van der Waals surface area contributed by atoms with Crippen LogP contribution in [0.25, 0.3) is 0 Å². The van der Waals surface area contributed by atoms with E-state index in [-0.39, 0.29) is 5.97 Å². The second-order valence-corrected chi connectivity index (χ2v) is 4.31. The van der Waals surface area contributed by atoms with Crippen molar-refractivity contribution in [2.75, 3.05) is 7.11 Å². The topological polar surface area (TPSA) is 26.3 Å². The minimum Gasteiger partial charge on any atom is -0.469 e. The highest BCUT2D eigenvalue weighted by Gasteiger charge is 1.97. The Morgan fingerprint density at radius 3 is 2.67 bits per heavy atom. The van der Waals surface area contributed by atoms with Crippen LogP contribution < -0.4 is 0 Å². The molecule has 0 bridgehead atoms. The summed E-state index contributed by atoms with van der Waals surface area (Å²) in [7, 11) is 1.43. The molecule has 0 N–H and O–H groups in total. The first-order chi connectivity index (χ1) is 8.81. The van der Waals surface area contributed by atoms with Crippen molar-refractivity contribution in [2.24, 2.45) is 0 Å². The summed E-state index contributed by atoms with van der Waals surface area (Å²) in [6.07, 6.45) is 13.4. The first-order valence-electron chi connectivity index (χ1n) is 6.98. The fourth-order valence-corrected chi connectivity index (χ4v) is 1.52. The Kier molecular flexibility index (Phi) is 12.9. The number of rotatable bonds is 9. The zero-order chi connectivity index (χ0) is 13.5. The van der Waals surface area contributed by atoms with Gasteiger partial charge in [-0.15, -0.1) is 5.92 Å². The van der Waals surface area contributed by atoms with E-state index < -0.39 is 0 Å². The van der Waals surface area contributed by atoms with Crippen LogP contribution in [0.3, 0.4) is 0 Å². The molecule has 0 spiro atoms. The molecule has 0 rings (SSSR count). The van der Waals surface area contributed by atoms with Crippen molar-refractivity contribution in [1.82, 2.24) is 0 Å². The third-order valence-electron chi connectivity index (χ3n) is 2.65. The number of esters is 1. The van der Waals surface area contributed by atoms with Crippen molar-refractivity contribution in [1.29, 1.82) is 0 Å². The van der Waals surface area contributed by atoms with Crippen LogP contribution >= 0.6 is 0 Å². The Bertz CT molecular complexity index is 281. The van der Waals surface area contributed by atoms with E-state index in [1.807, 2.05) is 0 Å². The summed E-state index contributed by atoms with van der Waals surface area (Å²) < 4.78 is 4.57. The van der Waals surface area contributed by atoms with Gasteiger partial charge in [0.1, 0.15) is 0 Å². The van der Waals surface area contributed by atoms with Crippen LogP contribution in [0.2, 0.25) is 0 Å². The van der Waals surface area contributed by atoms with E-state index in [0.29, 0.717) is 6.42 Å². The molecule has 2 heteroatoms. The van der Waals surface area contributed by atoms with E-state index in [4.69, 9.17) is 0 Å². The molecule has 2 nitrogen and oxygen atoms in total. The standard InChI is InChI=1S/C16H26O2/c1-3-4-5-6-7-8-9-10-11-12-13-14-15-16(17)18-2/h10-11H,3-6,9,12-15H2,1-2H3. The Hall–Kier alpha value is -1.23. The van der Waals surface area contributed by atoms with Crippen LogP contribution in [0.4, 0.5) is 0 Å². The molecule has 0 aliphatic heterocycles. The minimum absolute atomic E-state index is 0.114. The maximum atomic E-state index is 10.8. The Balaban J connectivity index is 3.30. The molecule has 0 amide bonds. The van der Waals surface area contributed by atoms with E-state index in [1.165, 1.54) is 26.4 Å². The van der Waals surface area contributed by atoms with Gasteiger partial charge in [-0.3, -0.25) is 4.79 Å². The molecule has 102 valence electrons. The van der Waals surface area contributed by atoms with Gasteiger partial charge in [0.05, 0.1) is 7.11 Å². The molecular formula is C16H26O2. The van der Waals surface area contributed by atoms with Crippen LogP contribution in [0, 0.1) is 11.8 Å². The Morgan fingerprint density at radius 1 is 1.11 bits per heavy atom. The van der Waals surface area contributed by atoms with Gasteiger partial charge in [-0.25, -0.2) is 0 Å². The van der Waals surface area contributed by atoms with Crippen LogP contribution in [0.15, 0.2) is 12.2 Å². The maximum absolute atomic E-state index is 10.8. The lowest BCUT2D eigenvalue weighted by atomic mass is 10.2. The number of carbonyl (C=O) groups is 1. The van der Waals surface area contributed by atoms with Gasteiger partial charge in [0.15, 0.2) is 0 Å². The molecular weight excluding hydrogens is 224 g/mol. The van der Waals surface area contributed by atoms with E-state index in [9.17, 15) is 4.79 Å². The molecule has 0 aromatic rings. The number of hydrogen-bond acceptors (Lipinski definition) is 2. The van der Waals surface area contributed by atoms with E-state index >= 15 is 0 Å². The summed E-state index contributed by atoms with van der Waals surface area (Å²) in [5, 5.41) is 0. The van der Waals surface area contributed by atoms with Crippen molar-refractivity contribution in [3.63, 3.8) is 0 Å². The summed E-state index contributed by atoms with van der Waals surface area (Å²) in [5.74, 6) is 6.22. The Morgan fingerprint density at radius 2 is 1.94 bits per heavy atom. The van der Waals surface area contributed by atoms with Crippen molar-refractivity contribution in [2.45, 2.75) is 64.7 Å². The number of carbonyl (C=O) groups excluding carboxylic acids is 1. The first-order valence-corrected chi connectivity index (χ1v) is 6.98. The van der Waals surface area contributed by atoms with Crippen LogP contribution in [0.5, 0.6) is 0 Å². The van der Waals surface area contributed by atoms with Gasteiger partial charge in [0.2, 0.25) is 0 Å². The lowest BCUT2D eigenvalue weighted by molar-refractivity contribution is -0.140. The smallest absolute Gasteiger partial charge is 0.305 e. The number of methoxy groups -OCH3 is 1. The molecule has 0 aromatic heterocycles. The number of hydrogen-bond donors (Lipinski definition) is 0. The monoisotopic (exact) mass is 250 g/mol. The maximum Gasteiger partial charge on any atom is 0.305 e. The fourth-order valence-electron chi connectivity index (χ4n) is 1.52. The van der Waals surface area contributed by atoms with Gasteiger partial charge in [-0.2, -0.15) is 0 Å². The van der Waals surface area contributed by atoms with E-state index in [0.717, 1.165) is 32.1 Å². The summed E-state index contributed by atoms with van der Waals surface area (Å²) in [4.78, 5) is 10.8. The van der Waals surface area contributed by atoms with Crippen molar-refractivity contribution < 1.29 is 9.53 Å². The Labute approximate surface area is 112 Å². The average molecular weight is 250 g/mol. The van der Waals surface area contributed by atoms with Crippen LogP contribution in [-0.4, -0.2) is 13.1 Å². The third-order valence-corrected chi connectivity index (χ3v) is 2.65. The van der Waals surface area contributed by atoms with Gasteiger partial charge in [0, 0.05) is 19.3 Å². The second kappa shape index (κ2) is 13.8. The van der Waals surface area contributed by atoms with Gasteiger partial charge in [-0.1, -0.05) is 37.8 Å². The van der Waals surface area contributed by atoms with Gasteiger partial charge in [-0.05, 0) is 25.7 Å². The molecule has 0 fully saturated rings. The van der Waals surface area contributed by atoms with Crippen molar-refractivity contribution in [3.8, 4) is 11.8 Å². The lowest BCUT2D eigenvalue weighted by Gasteiger charge is -1.96. The molecule has 0 saturated heterocycles. The molecule has 18 heavy (non-hydrogen) atoms. The summed E-state index contributed by atoms with van der Waals surface area (Å²) >= 11 is 0. The highest BCUT2D eigenvalue weighted by molar-refractivity contribution is 5.68. The summed E-state index contributed by atoms with van der Waals surface area (Å²) in [5.41, 5.74) is 0. The number of unbranched alkanes of at least 4 members (excludes halogenated alkanes) is 5. The highest BCUT2D eigenvalue weighted by atomic mass is 16.5. The molecule has 0 aliphatic carbocycles. The third kappa shape index (κ3) is 12.8. The quantitative estimate of drug-likeness (QED) is 0.265. The zero-order valence-corrected chi connectivity index (χ0v) is 11.8. The number of ether oxygens (including phenoxy) is 1. The molecule has 0 atom stereocenters. The predicted molar refractivity (Wildman–Crippen MR) is 76.2 cm³/mol. The highest BCUT2D eigenvalue weighted by Crippen LogP contribution is 2.02. The minimum atomic E-state index is -0.114. The predicted octanol–water partition coefficient (Wildman–Crippen LogP) is 4.25. The van der Waals surface area contributed by atoms with Crippen molar-refractivity contribution >= 4 is 5.97 Å². The lowest BCUT2D eigenvalue weighted by Crippen LogP contribution is -1.98. The second-order valence-electron chi connectivity index (χ2n) is 4.31. The zero-order valence-electron chi connectivity index (χ0n) is 11.8. The normalized spacial score (nSPS) is 10.1. The van der Waals surface area contributed by atoms with Gasteiger partial charge in [0.25, 0.3) is 0 Å². The fraction of sp³-hybridized carbons (Fsp3) is 0.688. The molecule has 0 radical (unpaired) electrons. The average Bonchev–Trinajstić information content (AvgIpc) is 2.39. The number of allylic oxidation sites excluding steroid dienone is 2. The first kappa shape index (κ1) is 16.8. The SMILES string of the molecule is CCCCCC#CCC=CCCCCC(=O)OC. The van der Waals surface area contributed by atoms with Gasteiger partial charge >= 0.3 is 5.97 Å². The largest absolute Gasteiger partial charge is 0.469 e. The van der Waals surface area contributed by atoms with Crippen molar-refractivity contribution in [3.05, 3.63) is 12.2 Å². The van der Waals surface area contributed by atoms with Crippen LogP contribution in [0.1, 0.15) is 64.7 Å². The molecule has 0 aromatic carbocycles. The molecule has 0 heterocycles. The van der Waals surface area contributed by atoms with E-state index in [2.05, 4.69) is 35.7 Å². The summed E-state index contributed by atoms with van der Waals surface area (Å²) in [6.45, 7) is 2.20. The van der Waals surface area contributed by atoms with E-state index in [1.54, 1.807) is 0 Å².